The number of aryl methyl sites for hydroxylation is 1. The third kappa shape index (κ3) is 5.30. The Balaban J connectivity index is 1.49. The van der Waals surface area contributed by atoms with Gasteiger partial charge in [-0.2, -0.15) is 0 Å². The lowest BCUT2D eigenvalue weighted by Gasteiger charge is -2.08. The topological polar surface area (TPSA) is 76.1 Å². The summed E-state index contributed by atoms with van der Waals surface area (Å²) in [6, 6.07) is 15.7. The van der Waals surface area contributed by atoms with Crippen LogP contribution < -0.4 is 15.4 Å². The third-order valence-corrected chi connectivity index (χ3v) is 4.39. The molecule has 2 N–H and O–H groups in total. The molecule has 3 aromatic rings. The molecule has 6 nitrogen and oxygen atoms in total. The van der Waals surface area contributed by atoms with Crippen LogP contribution in [0, 0.1) is 0 Å². The zero-order chi connectivity index (χ0) is 19.8. The molecule has 0 saturated carbocycles. The van der Waals surface area contributed by atoms with E-state index in [-0.39, 0.29) is 5.91 Å². The average Bonchev–Trinajstić information content (AvgIpc) is 2.75. The standard InChI is InChI=1S/C22H24N4O2/c1-3-16-4-8-19(9-5-16)26-21(27)18-14-24-22(25-15-18)23-13-12-17-6-10-20(28-2)11-7-17/h4-11,14-15H,3,12-13H2,1-2H3,(H,26,27)(H,23,24,25). The smallest absolute Gasteiger partial charge is 0.258 e. The minimum Gasteiger partial charge on any atom is -0.497 e. The number of hydrogen-bond acceptors (Lipinski definition) is 5. The maximum atomic E-state index is 12.3. The molecule has 0 atom stereocenters. The van der Waals surface area contributed by atoms with Crippen molar-refractivity contribution < 1.29 is 9.53 Å². The normalized spacial score (nSPS) is 10.4. The van der Waals surface area contributed by atoms with E-state index in [0.29, 0.717) is 18.1 Å². The maximum Gasteiger partial charge on any atom is 0.258 e. The van der Waals surface area contributed by atoms with Gasteiger partial charge in [0.05, 0.1) is 12.7 Å². The molecule has 28 heavy (non-hydrogen) atoms. The highest BCUT2D eigenvalue weighted by atomic mass is 16.5. The first-order valence-corrected chi connectivity index (χ1v) is 9.27. The van der Waals surface area contributed by atoms with E-state index >= 15 is 0 Å². The molecule has 0 aliphatic carbocycles. The molecule has 0 fully saturated rings. The molecule has 0 radical (unpaired) electrons. The fourth-order valence-corrected chi connectivity index (χ4v) is 2.67. The van der Waals surface area contributed by atoms with Gasteiger partial charge < -0.3 is 15.4 Å². The van der Waals surface area contributed by atoms with Crippen LogP contribution in [0.2, 0.25) is 0 Å². The molecule has 1 heterocycles. The second-order valence-corrected chi connectivity index (χ2v) is 6.32. The highest BCUT2D eigenvalue weighted by Crippen LogP contribution is 2.13. The van der Waals surface area contributed by atoms with Crippen LogP contribution in [0.5, 0.6) is 5.75 Å². The van der Waals surface area contributed by atoms with Gasteiger partial charge in [0.25, 0.3) is 5.91 Å². The molecule has 0 saturated heterocycles. The monoisotopic (exact) mass is 376 g/mol. The number of carbonyl (C=O) groups excluding carboxylic acids is 1. The number of anilines is 2. The van der Waals surface area contributed by atoms with Gasteiger partial charge in [-0.15, -0.1) is 0 Å². The number of benzene rings is 2. The zero-order valence-corrected chi connectivity index (χ0v) is 16.1. The number of ether oxygens (including phenoxy) is 1. The van der Waals surface area contributed by atoms with Crippen molar-refractivity contribution in [2.45, 2.75) is 19.8 Å². The van der Waals surface area contributed by atoms with Gasteiger partial charge in [-0.05, 0) is 48.2 Å². The molecule has 6 heteroatoms. The second kappa shape index (κ2) is 9.50. The fourth-order valence-electron chi connectivity index (χ4n) is 2.67. The predicted octanol–water partition coefficient (Wildman–Crippen LogP) is 3.95. The Kier molecular flexibility index (Phi) is 6.57. The Morgan fingerprint density at radius 3 is 2.21 bits per heavy atom. The molecule has 144 valence electrons. The maximum absolute atomic E-state index is 12.3. The first-order chi connectivity index (χ1) is 13.7. The van der Waals surface area contributed by atoms with Crippen LogP contribution in [0.1, 0.15) is 28.4 Å². The van der Waals surface area contributed by atoms with Gasteiger partial charge in [0, 0.05) is 24.6 Å². The summed E-state index contributed by atoms with van der Waals surface area (Å²) in [6.07, 6.45) is 4.86. The van der Waals surface area contributed by atoms with Crippen molar-refractivity contribution in [2.24, 2.45) is 0 Å². The Morgan fingerprint density at radius 2 is 1.61 bits per heavy atom. The Morgan fingerprint density at radius 1 is 0.964 bits per heavy atom. The van der Waals surface area contributed by atoms with Crippen molar-refractivity contribution >= 4 is 17.5 Å². The lowest BCUT2D eigenvalue weighted by Crippen LogP contribution is -2.14. The summed E-state index contributed by atoms with van der Waals surface area (Å²) in [6.45, 7) is 2.79. The molecule has 0 aliphatic rings. The van der Waals surface area contributed by atoms with Gasteiger partial charge in [0.15, 0.2) is 0 Å². The summed E-state index contributed by atoms with van der Waals surface area (Å²) in [7, 11) is 1.65. The lowest BCUT2D eigenvalue weighted by atomic mass is 10.1. The molecule has 0 aliphatic heterocycles. The molecular formula is C22H24N4O2. The molecule has 0 bridgehead atoms. The zero-order valence-electron chi connectivity index (χ0n) is 16.1. The summed E-state index contributed by atoms with van der Waals surface area (Å²) >= 11 is 0. The summed E-state index contributed by atoms with van der Waals surface area (Å²) in [4.78, 5) is 20.8. The van der Waals surface area contributed by atoms with Crippen LogP contribution in [0.15, 0.2) is 60.9 Å². The highest BCUT2D eigenvalue weighted by Gasteiger charge is 2.08. The summed E-state index contributed by atoms with van der Waals surface area (Å²) in [5, 5.41) is 6.02. The summed E-state index contributed by atoms with van der Waals surface area (Å²) in [5.74, 6) is 1.11. The number of amides is 1. The number of rotatable bonds is 8. The van der Waals surface area contributed by atoms with E-state index in [1.54, 1.807) is 7.11 Å². The highest BCUT2D eigenvalue weighted by molar-refractivity contribution is 6.03. The van der Waals surface area contributed by atoms with Gasteiger partial charge in [-0.1, -0.05) is 31.2 Å². The minimum absolute atomic E-state index is 0.228. The van der Waals surface area contributed by atoms with Crippen LogP contribution in [0.25, 0.3) is 0 Å². The van der Waals surface area contributed by atoms with Crippen molar-refractivity contribution in [3.63, 3.8) is 0 Å². The van der Waals surface area contributed by atoms with Crippen LogP contribution in [-0.2, 0) is 12.8 Å². The van der Waals surface area contributed by atoms with Crippen LogP contribution in [0.4, 0.5) is 11.6 Å². The SMILES string of the molecule is CCc1ccc(NC(=O)c2cnc(NCCc3ccc(OC)cc3)nc2)cc1. The largest absolute Gasteiger partial charge is 0.497 e. The lowest BCUT2D eigenvalue weighted by molar-refractivity contribution is 0.102. The first-order valence-electron chi connectivity index (χ1n) is 9.27. The minimum atomic E-state index is -0.228. The van der Waals surface area contributed by atoms with Gasteiger partial charge in [-0.25, -0.2) is 9.97 Å². The summed E-state index contributed by atoms with van der Waals surface area (Å²) < 4.78 is 5.15. The van der Waals surface area contributed by atoms with Crippen molar-refractivity contribution in [1.29, 1.82) is 0 Å². The third-order valence-electron chi connectivity index (χ3n) is 4.39. The van der Waals surface area contributed by atoms with Crippen LogP contribution in [0.3, 0.4) is 0 Å². The second-order valence-electron chi connectivity index (χ2n) is 6.32. The van der Waals surface area contributed by atoms with E-state index in [4.69, 9.17) is 4.74 Å². The number of aromatic nitrogens is 2. The molecule has 2 aromatic carbocycles. The Hall–Kier alpha value is -3.41. The molecule has 0 unspecified atom stereocenters. The van der Waals surface area contributed by atoms with E-state index in [1.807, 2.05) is 48.5 Å². The predicted molar refractivity (Wildman–Crippen MR) is 111 cm³/mol. The van der Waals surface area contributed by atoms with Crippen molar-refractivity contribution in [1.82, 2.24) is 9.97 Å². The fraction of sp³-hybridized carbons (Fsp3) is 0.227. The van der Waals surface area contributed by atoms with Crippen LogP contribution >= 0.6 is 0 Å². The molecule has 1 amide bonds. The number of nitrogens with zero attached hydrogens (tertiary/aromatic N) is 2. The first kappa shape index (κ1) is 19.4. The number of nitrogens with one attached hydrogen (secondary N) is 2. The van der Waals surface area contributed by atoms with Crippen molar-refractivity contribution in [3.05, 3.63) is 77.6 Å². The Bertz CT molecular complexity index is 891. The van der Waals surface area contributed by atoms with Crippen molar-refractivity contribution in [3.8, 4) is 5.75 Å². The van der Waals surface area contributed by atoms with E-state index in [1.165, 1.54) is 23.5 Å². The van der Waals surface area contributed by atoms with E-state index in [2.05, 4.69) is 27.5 Å². The van der Waals surface area contributed by atoms with Crippen molar-refractivity contribution in [2.75, 3.05) is 24.3 Å². The Labute approximate surface area is 165 Å². The number of methoxy groups -OCH3 is 1. The van der Waals surface area contributed by atoms with E-state index in [0.717, 1.165) is 24.3 Å². The molecule has 0 spiro atoms. The van der Waals surface area contributed by atoms with Gasteiger partial charge in [0.1, 0.15) is 5.75 Å². The molecular weight excluding hydrogens is 352 g/mol. The average molecular weight is 376 g/mol. The van der Waals surface area contributed by atoms with Gasteiger partial charge in [-0.3, -0.25) is 4.79 Å². The molecule has 3 rings (SSSR count). The van der Waals surface area contributed by atoms with E-state index < -0.39 is 0 Å². The van der Waals surface area contributed by atoms with Gasteiger partial charge >= 0.3 is 0 Å². The molecule has 1 aromatic heterocycles. The quantitative estimate of drug-likeness (QED) is 0.622. The van der Waals surface area contributed by atoms with Gasteiger partial charge in [0.2, 0.25) is 5.95 Å². The van der Waals surface area contributed by atoms with E-state index in [9.17, 15) is 4.79 Å². The number of hydrogen-bond donors (Lipinski definition) is 2. The number of carbonyl (C=O) groups is 1. The summed E-state index contributed by atoms with van der Waals surface area (Å²) in [5.41, 5.74) is 3.59. The van der Waals surface area contributed by atoms with Crippen LogP contribution in [-0.4, -0.2) is 29.5 Å².